The van der Waals surface area contributed by atoms with Crippen LogP contribution < -0.4 is 0 Å². The summed E-state index contributed by atoms with van der Waals surface area (Å²) in [6.45, 7) is 5.95. The van der Waals surface area contributed by atoms with Crippen molar-refractivity contribution in [2.24, 2.45) is 5.41 Å². The normalized spacial score (nSPS) is 13.7. The van der Waals surface area contributed by atoms with Crippen molar-refractivity contribution >= 4 is 17.2 Å². The molecule has 45 heavy (non-hydrogen) atoms. The summed E-state index contributed by atoms with van der Waals surface area (Å²) in [5.41, 5.74) is -2.48. The number of rotatable bonds is 29. The molecule has 0 fully saturated rings. The molecule has 0 amide bonds. The van der Waals surface area contributed by atoms with E-state index in [1.165, 1.54) is 96.3 Å². The number of aliphatic hydroxyl groups is 4. The Balaban J connectivity index is -0.00000195. The summed E-state index contributed by atoms with van der Waals surface area (Å²) in [6, 6.07) is 0. The van der Waals surface area contributed by atoms with Gasteiger partial charge in [-0.05, 0) is 19.3 Å². The van der Waals surface area contributed by atoms with Gasteiger partial charge in [-0.15, -0.1) is 0 Å². The molecule has 0 saturated carbocycles. The van der Waals surface area contributed by atoms with E-state index >= 15 is 0 Å². The van der Waals surface area contributed by atoms with E-state index in [4.69, 9.17) is 29.4 Å². The van der Waals surface area contributed by atoms with Crippen molar-refractivity contribution in [1.29, 1.82) is 0 Å². The summed E-state index contributed by atoms with van der Waals surface area (Å²) in [5, 5.41) is 44.3. The van der Waals surface area contributed by atoms with Gasteiger partial charge in [-0.3, -0.25) is 0 Å². The highest BCUT2D eigenvalue weighted by molar-refractivity contribution is 7.38. The Morgan fingerprint density at radius 3 is 0.956 bits per heavy atom. The molecule has 0 bridgehead atoms. The fourth-order valence-electron chi connectivity index (χ4n) is 5.99. The second-order valence-electron chi connectivity index (χ2n) is 12.6. The van der Waals surface area contributed by atoms with E-state index < -0.39 is 34.3 Å². The summed E-state index contributed by atoms with van der Waals surface area (Å²) in [5.74, 6) is 0. The van der Waals surface area contributed by atoms with Crippen LogP contribution in [-0.2, 0) is 0 Å². The molecule has 0 radical (unpaired) electrons. The third-order valence-corrected chi connectivity index (χ3v) is 8.85. The number of hydrogen-bond donors (Lipinski definition) is 10. The Morgan fingerprint density at radius 1 is 0.444 bits per heavy atom. The van der Waals surface area contributed by atoms with Gasteiger partial charge in [0.15, 0.2) is 0 Å². The molecular weight excluding hydrogens is 618 g/mol. The molecule has 0 aliphatic carbocycles. The Kier molecular flexibility index (Phi) is 39.6. The SMILES string of the molecule is CCCCCCCCCCC(O)C(CO)(CO)C(O)(CCCCCCCC)CCCCCCCCCC.OP(O)O.OP(O)O. The second kappa shape index (κ2) is 35.8. The van der Waals surface area contributed by atoms with Crippen LogP contribution in [-0.4, -0.2) is 74.7 Å². The third-order valence-electron chi connectivity index (χ3n) is 8.85. The maximum absolute atomic E-state index is 12.0. The van der Waals surface area contributed by atoms with Crippen LogP contribution in [0.2, 0.25) is 0 Å². The molecule has 10 N–H and O–H groups in total. The molecular formula is C33H74O10P2. The molecule has 0 aromatic rings. The van der Waals surface area contributed by atoms with Crippen molar-refractivity contribution in [1.82, 2.24) is 0 Å². The van der Waals surface area contributed by atoms with Gasteiger partial charge in [0.05, 0.1) is 30.3 Å². The zero-order valence-electron chi connectivity index (χ0n) is 29.0. The molecule has 0 aromatic heterocycles. The number of hydrogen-bond acceptors (Lipinski definition) is 10. The molecule has 0 spiro atoms. The molecule has 0 rings (SSSR count). The van der Waals surface area contributed by atoms with Crippen molar-refractivity contribution < 1.29 is 49.8 Å². The van der Waals surface area contributed by atoms with Gasteiger partial charge in [0.2, 0.25) is 0 Å². The van der Waals surface area contributed by atoms with Gasteiger partial charge in [0.25, 0.3) is 0 Å². The molecule has 2 unspecified atom stereocenters. The average Bonchev–Trinajstić information content (AvgIpc) is 2.98. The van der Waals surface area contributed by atoms with Crippen LogP contribution in [0, 0.1) is 5.41 Å². The fraction of sp³-hybridized carbons (Fsp3) is 1.00. The van der Waals surface area contributed by atoms with E-state index in [9.17, 15) is 20.4 Å². The molecule has 0 aliphatic rings. The van der Waals surface area contributed by atoms with Crippen molar-refractivity contribution in [3.8, 4) is 0 Å². The Labute approximate surface area is 278 Å². The van der Waals surface area contributed by atoms with Crippen molar-refractivity contribution in [2.75, 3.05) is 13.2 Å². The van der Waals surface area contributed by atoms with Gasteiger partial charge in [-0.1, -0.05) is 162 Å². The molecule has 0 saturated heterocycles. The average molecular weight is 693 g/mol. The first-order valence-corrected chi connectivity index (χ1v) is 20.2. The van der Waals surface area contributed by atoms with Crippen LogP contribution >= 0.6 is 17.2 Å². The minimum absolute atomic E-state index is 0.370. The van der Waals surface area contributed by atoms with Gasteiger partial charge in [-0.25, -0.2) is 0 Å². The van der Waals surface area contributed by atoms with Crippen molar-refractivity contribution in [3.05, 3.63) is 0 Å². The Hall–Kier alpha value is 0.460. The number of unbranched alkanes of at least 4 members (excludes halogenated alkanes) is 19. The maximum atomic E-state index is 12.0. The van der Waals surface area contributed by atoms with Gasteiger partial charge < -0.3 is 49.8 Å². The summed E-state index contributed by atoms with van der Waals surface area (Å²) < 4.78 is 0. The van der Waals surface area contributed by atoms with Crippen LogP contribution in [0.4, 0.5) is 0 Å². The molecule has 0 heterocycles. The largest absolute Gasteiger partial charge is 0.395 e. The van der Waals surface area contributed by atoms with E-state index in [1.54, 1.807) is 0 Å². The van der Waals surface area contributed by atoms with E-state index in [0.29, 0.717) is 19.3 Å². The van der Waals surface area contributed by atoms with Crippen molar-refractivity contribution in [3.63, 3.8) is 0 Å². The van der Waals surface area contributed by atoms with E-state index in [1.807, 2.05) is 0 Å². The van der Waals surface area contributed by atoms with Crippen LogP contribution in [0.25, 0.3) is 0 Å². The fourth-order valence-corrected chi connectivity index (χ4v) is 5.99. The molecule has 276 valence electrons. The Bertz CT molecular complexity index is 560. The monoisotopic (exact) mass is 692 g/mol. The topological polar surface area (TPSA) is 202 Å². The first-order valence-electron chi connectivity index (χ1n) is 17.8. The Morgan fingerprint density at radius 2 is 0.689 bits per heavy atom. The van der Waals surface area contributed by atoms with Crippen molar-refractivity contribution in [2.45, 2.75) is 193 Å². The summed E-state index contributed by atoms with van der Waals surface area (Å²) in [7, 11) is -5.24. The zero-order chi connectivity index (χ0) is 34.8. The van der Waals surface area contributed by atoms with E-state index in [-0.39, 0.29) is 13.2 Å². The van der Waals surface area contributed by atoms with Crippen LogP contribution in [0.15, 0.2) is 0 Å². The number of aliphatic hydroxyl groups excluding tert-OH is 3. The van der Waals surface area contributed by atoms with Gasteiger partial charge >= 0.3 is 17.2 Å². The van der Waals surface area contributed by atoms with Gasteiger partial charge in [0.1, 0.15) is 0 Å². The first-order chi connectivity index (χ1) is 21.4. The highest BCUT2D eigenvalue weighted by Crippen LogP contribution is 2.43. The quantitative estimate of drug-likeness (QED) is 0.0281. The second-order valence-corrected chi connectivity index (χ2v) is 13.6. The first kappa shape index (κ1) is 49.8. The molecule has 0 aromatic carbocycles. The predicted molar refractivity (Wildman–Crippen MR) is 187 cm³/mol. The minimum atomic E-state index is -2.62. The van der Waals surface area contributed by atoms with E-state index in [0.717, 1.165) is 44.9 Å². The highest BCUT2D eigenvalue weighted by atomic mass is 31.2. The summed E-state index contributed by atoms with van der Waals surface area (Å²) >= 11 is 0. The summed E-state index contributed by atoms with van der Waals surface area (Å²) in [6.07, 6.45) is 26.5. The van der Waals surface area contributed by atoms with Crippen LogP contribution in [0.3, 0.4) is 0 Å². The molecule has 2 atom stereocenters. The van der Waals surface area contributed by atoms with Gasteiger partial charge in [-0.2, -0.15) is 0 Å². The standard InChI is InChI=1S/C33H68O4.2H3O3P/c1-4-7-10-13-16-18-20-23-26-31(36)32(29-34,30-35)33(37,27-24-21-15-12-9-6-3)28-25-22-19-17-14-11-8-5-2;2*1-4(2)3/h31,34-37H,4-30H2,1-3H3;2*1-3H. The lowest BCUT2D eigenvalue weighted by molar-refractivity contribution is -0.193. The lowest BCUT2D eigenvalue weighted by Gasteiger charge is -2.48. The van der Waals surface area contributed by atoms with Gasteiger partial charge in [0, 0.05) is 0 Å². The smallest absolute Gasteiger partial charge is 0.324 e. The molecule has 0 aliphatic heterocycles. The molecule has 12 heteroatoms. The van der Waals surface area contributed by atoms with Crippen LogP contribution in [0.5, 0.6) is 0 Å². The maximum Gasteiger partial charge on any atom is 0.324 e. The predicted octanol–water partition coefficient (Wildman–Crippen LogP) is 7.24. The zero-order valence-corrected chi connectivity index (χ0v) is 30.8. The minimum Gasteiger partial charge on any atom is -0.395 e. The lowest BCUT2D eigenvalue weighted by atomic mass is 9.63. The lowest BCUT2D eigenvalue weighted by Crippen LogP contribution is -2.59. The summed E-state index contributed by atoms with van der Waals surface area (Å²) in [4.78, 5) is 43.4. The molecule has 10 nitrogen and oxygen atoms in total. The highest BCUT2D eigenvalue weighted by Gasteiger charge is 2.53. The third kappa shape index (κ3) is 30.3. The van der Waals surface area contributed by atoms with E-state index in [2.05, 4.69) is 20.8 Å². The van der Waals surface area contributed by atoms with Crippen LogP contribution in [0.1, 0.15) is 181 Å².